The van der Waals surface area contributed by atoms with Crippen molar-refractivity contribution in [1.82, 2.24) is 10.2 Å². The predicted octanol–water partition coefficient (Wildman–Crippen LogP) is 1.65. The van der Waals surface area contributed by atoms with E-state index in [1.807, 2.05) is 37.3 Å². The van der Waals surface area contributed by atoms with Crippen LogP contribution < -0.4 is 5.32 Å². The van der Waals surface area contributed by atoms with Crippen molar-refractivity contribution in [3.8, 4) is 0 Å². The van der Waals surface area contributed by atoms with Gasteiger partial charge in [0, 0.05) is 6.54 Å². The molecule has 1 heterocycles. The number of carbonyl (C=O) groups is 3. The summed E-state index contributed by atoms with van der Waals surface area (Å²) in [4.78, 5) is 37.1. The third kappa shape index (κ3) is 1.90. The van der Waals surface area contributed by atoms with E-state index in [0.29, 0.717) is 19.4 Å². The van der Waals surface area contributed by atoms with Crippen LogP contribution in [0.25, 0.3) is 0 Å². The van der Waals surface area contributed by atoms with Gasteiger partial charge < -0.3 is 0 Å². The highest BCUT2D eigenvalue weighted by molar-refractivity contribution is 6.20. The molecule has 1 unspecified atom stereocenters. The normalized spacial score (nSPS) is 21.9. The zero-order chi connectivity index (χ0) is 14.3. The number of rotatable bonds is 3. The highest BCUT2D eigenvalue weighted by Gasteiger charge is 2.62. The molecule has 1 N–H and O–H groups in total. The van der Waals surface area contributed by atoms with Crippen LogP contribution in [0.4, 0.5) is 4.79 Å². The number of carbonyl (C=O) groups excluding carboxylic acids is 3. The Morgan fingerprint density at radius 3 is 2.45 bits per heavy atom. The Morgan fingerprint density at radius 1 is 1.20 bits per heavy atom. The Labute approximate surface area is 116 Å². The zero-order valence-corrected chi connectivity index (χ0v) is 11.3. The summed E-state index contributed by atoms with van der Waals surface area (Å²) in [5, 5.41) is 2.30. The molecule has 1 aromatic rings. The third-order valence-corrected chi connectivity index (χ3v) is 4.13. The quantitative estimate of drug-likeness (QED) is 0.851. The molecule has 0 bridgehead atoms. The van der Waals surface area contributed by atoms with E-state index >= 15 is 0 Å². The molecule has 1 atom stereocenters. The Balaban J connectivity index is 1.78. The van der Waals surface area contributed by atoms with E-state index in [1.54, 1.807) is 0 Å². The molecule has 104 valence electrons. The van der Waals surface area contributed by atoms with Gasteiger partial charge in [0.1, 0.15) is 5.41 Å². The van der Waals surface area contributed by atoms with Crippen LogP contribution in [0.15, 0.2) is 30.3 Å². The molecule has 0 aromatic heterocycles. The van der Waals surface area contributed by atoms with Crippen LogP contribution in [0.2, 0.25) is 0 Å². The standard InChI is InChI=1S/C15H16N2O3/c1-10(11-5-3-2-4-6-11)9-17-13(19)15(7-8-15)12(18)16-14(17)20/h2-6,10H,7-9H2,1H3,(H,16,18,20). The van der Waals surface area contributed by atoms with Crippen molar-refractivity contribution in [1.29, 1.82) is 0 Å². The van der Waals surface area contributed by atoms with Crippen LogP contribution in [0.1, 0.15) is 31.2 Å². The summed E-state index contributed by atoms with van der Waals surface area (Å²) in [7, 11) is 0. The number of nitrogens with zero attached hydrogens (tertiary/aromatic N) is 1. The van der Waals surface area contributed by atoms with Gasteiger partial charge in [-0.15, -0.1) is 0 Å². The average molecular weight is 272 g/mol. The molecule has 2 fully saturated rings. The van der Waals surface area contributed by atoms with Crippen molar-refractivity contribution < 1.29 is 14.4 Å². The van der Waals surface area contributed by atoms with Gasteiger partial charge in [-0.3, -0.25) is 19.8 Å². The molecule has 1 saturated carbocycles. The summed E-state index contributed by atoms with van der Waals surface area (Å²) < 4.78 is 0. The second kappa shape index (κ2) is 4.44. The number of nitrogens with one attached hydrogen (secondary N) is 1. The zero-order valence-electron chi connectivity index (χ0n) is 11.3. The molecule has 1 saturated heterocycles. The first-order chi connectivity index (χ1) is 9.54. The molecule has 1 aromatic carbocycles. The van der Waals surface area contributed by atoms with Gasteiger partial charge in [-0.2, -0.15) is 0 Å². The summed E-state index contributed by atoms with van der Waals surface area (Å²) in [5.74, 6) is -0.736. The third-order valence-electron chi connectivity index (χ3n) is 4.13. The number of imide groups is 2. The van der Waals surface area contributed by atoms with E-state index in [1.165, 1.54) is 4.90 Å². The van der Waals surface area contributed by atoms with Crippen molar-refractivity contribution >= 4 is 17.8 Å². The number of barbiturate groups is 1. The second-order valence-corrected chi connectivity index (χ2v) is 5.57. The minimum atomic E-state index is -0.954. The molecule has 3 rings (SSSR count). The first kappa shape index (κ1) is 12.8. The van der Waals surface area contributed by atoms with Crippen molar-refractivity contribution in [3.05, 3.63) is 35.9 Å². The summed E-state index contributed by atoms with van der Waals surface area (Å²) in [6, 6.07) is 9.11. The molecule has 0 radical (unpaired) electrons. The van der Waals surface area contributed by atoms with E-state index in [2.05, 4.69) is 5.32 Å². The summed E-state index contributed by atoms with van der Waals surface area (Å²) >= 11 is 0. The Kier molecular flexibility index (Phi) is 2.85. The maximum Gasteiger partial charge on any atom is 0.330 e. The molecular formula is C15H16N2O3. The molecule has 5 nitrogen and oxygen atoms in total. The maximum absolute atomic E-state index is 12.3. The summed E-state index contributed by atoms with van der Waals surface area (Å²) in [6.07, 6.45) is 1.09. The minimum absolute atomic E-state index is 0.0369. The maximum atomic E-state index is 12.3. The lowest BCUT2D eigenvalue weighted by atomic mass is 9.97. The fourth-order valence-corrected chi connectivity index (χ4v) is 2.62. The number of urea groups is 1. The second-order valence-electron chi connectivity index (χ2n) is 5.57. The number of amides is 4. The first-order valence-corrected chi connectivity index (χ1v) is 6.77. The Hall–Kier alpha value is -2.17. The van der Waals surface area contributed by atoms with Gasteiger partial charge in [0.05, 0.1) is 0 Å². The minimum Gasteiger partial charge on any atom is -0.277 e. The summed E-state index contributed by atoms with van der Waals surface area (Å²) in [6.45, 7) is 2.26. The first-order valence-electron chi connectivity index (χ1n) is 6.77. The van der Waals surface area contributed by atoms with E-state index in [-0.39, 0.29) is 11.8 Å². The lowest BCUT2D eigenvalue weighted by Gasteiger charge is -2.32. The molecule has 20 heavy (non-hydrogen) atoms. The number of benzene rings is 1. The monoisotopic (exact) mass is 272 g/mol. The molecule has 1 aliphatic heterocycles. The smallest absolute Gasteiger partial charge is 0.277 e. The number of hydrogen-bond acceptors (Lipinski definition) is 3. The highest BCUT2D eigenvalue weighted by Crippen LogP contribution is 2.49. The number of hydrogen-bond donors (Lipinski definition) is 1. The lowest BCUT2D eigenvalue weighted by molar-refractivity contribution is -0.144. The SMILES string of the molecule is CC(CN1C(=O)NC(=O)C2(CC2)C1=O)c1ccccc1. The van der Waals surface area contributed by atoms with Gasteiger partial charge in [0.15, 0.2) is 0 Å². The van der Waals surface area contributed by atoms with Crippen molar-refractivity contribution in [2.75, 3.05) is 6.54 Å². The molecular weight excluding hydrogens is 256 g/mol. The molecule has 1 aliphatic carbocycles. The molecule has 5 heteroatoms. The lowest BCUT2D eigenvalue weighted by Crippen LogP contribution is -2.59. The van der Waals surface area contributed by atoms with Gasteiger partial charge in [-0.05, 0) is 24.3 Å². The topological polar surface area (TPSA) is 66.5 Å². The van der Waals surface area contributed by atoms with Crippen LogP contribution in [0, 0.1) is 5.41 Å². The van der Waals surface area contributed by atoms with Gasteiger partial charge in [-0.25, -0.2) is 4.79 Å². The highest BCUT2D eigenvalue weighted by atomic mass is 16.2. The van der Waals surface area contributed by atoms with Crippen LogP contribution in [-0.2, 0) is 9.59 Å². The van der Waals surface area contributed by atoms with Crippen molar-refractivity contribution in [3.63, 3.8) is 0 Å². The van der Waals surface area contributed by atoms with Crippen LogP contribution >= 0.6 is 0 Å². The Bertz CT molecular complexity index is 578. The molecule has 4 amide bonds. The van der Waals surface area contributed by atoms with E-state index in [0.717, 1.165) is 5.56 Å². The van der Waals surface area contributed by atoms with E-state index < -0.39 is 17.4 Å². The fraction of sp³-hybridized carbons (Fsp3) is 0.400. The van der Waals surface area contributed by atoms with E-state index in [4.69, 9.17) is 0 Å². The van der Waals surface area contributed by atoms with Crippen molar-refractivity contribution in [2.24, 2.45) is 5.41 Å². The van der Waals surface area contributed by atoms with Gasteiger partial charge >= 0.3 is 6.03 Å². The largest absolute Gasteiger partial charge is 0.330 e. The van der Waals surface area contributed by atoms with Crippen LogP contribution in [0.5, 0.6) is 0 Å². The molecule has 2 aliphatic rings. The summed E-state index contributed by atoms with van der Waals surface area (Å²) in [5.41, 5.74) is 0.111. The average Bonchev–Trinajstić information content (AvgIpc) is 3.24. The molecule has 1 spiro atoms. The van der Waals surface area contributed by atoms with Gasteiger partial charge in [0.25, 0.3) is 0 Å². The van der Waals surface area contributed by atoms with Crippen LogP contribution in [0.3, 0.4) is 0 Å². The predicted molar refractivity (Wildman–Crippen MR) is 71.8 cm³/mol. The van der Waals surface area contributed by atoms with Gasteiger partial charge in [-0.1, -0.05) is 37.3 Å². The van der Waals surface area contributed by atoms with E-state index in [9.17, 15) is 14.4 Å². The van der Waals surface area contributed by atoms with Crippen molar-refractivity contribution in [2.45, 2.75) is 25.7 Å². The fourth-order valence-electron chi connectivity index (χ4n) is 2.62. The van der Waals surface area contributed by atoms with Crippen LogP contribution in [-0.4, -0.2) is 29.3 Å². The van der Waals surface area contributed by atoms with Gasteiger partial charge in [0.2, 0.25) is 11.8 Å². The Morgan fingerprint density at radius 2 is 1.85 bits per heavy atom.